The van der Waals surface area contributed by atoms with Crippen LogP contribution in [0.5, 0.6) is 0 Å². The number of allylic oxidation sites excluding steroid dienone is 5. The Labute approximate surface area is 396 Å². The normalized spacial score (nSPS) is 20.5. The van der Waals surface area contributed by atoms with Crippen LogP contribution in [-0.4, -0.2) is 99.6 Å². The van der Waals surface area contributed by atoms with E-state index in [1.54, 1.807) is 6.08 Å². The summed E-state index contributed by atoms with van der Waals surface area (Å²) in [5, 5.41) is 56.5. The largest absolute Gasteiger partial charge is 0.454 e. The van der Waals surface area contributed by atoms with Crippen molar-refractivity contribution in [3.63, 3.8) is 0 Å². The van der Waals surface area contributed by atoms with E-state index < -0.39 is 67.4 Å². The quantitative estimate of drug-likeness (QED) is 0.0149. The van der Waals surface area contributed by atoms with Gasteiger partial charge in [0.25, 0.3) is 0 Å². The SMILES string of the molecule is CCCCC/C=C/C=C/CCCCCCCCC(=O)OC1C(OCC(NC(=O)C(O)CCCCCCCCCCCC)C(O)/C=C/CCCCCCCCCCC)OC(CO)C(O)C1O. The molecule has 0 radical (unpaired) electrons. The Hall–Kier alpha value is -2.12. The summed E-state index contributed by atoms with van der Waals surface area (Å²) in [5.74, 6) is -1.21. The fourth-order valence-electron chi connectivity index (χ4n) is 8.23. The van der Waals surface area contributed by atoms with E-state index in [-0.39, 0.29) is 13.0 Å². The number of esters is 1. The lowest BCUT2D eigenvalue weighted by molar-refractivity contribution is -0.305. The number of carbonyl (C=O) groups excluding carboxylic acids is 2. The van der Waals surface area contributed by atoms with Crippen LogP contribution in [0.4, 0.5) is 0 Å². The molecule has 0 aromatic heterocycles. The molecular formula is C54H99NO10. The van der Waals surface area contributed by atoms with Gasteiger partial charge in [-0.15, -0.1) is 0 Å². The molecule has 6 N–H and O–H groups in total. The van der Waals surface area contributed by atoms with Gasteiger partial charge in [-0.2, -0.15) is 0 Å². The van der Waals surface area contributed by atoms with Crippen molar-refractivity contribution in [3.05, 3.63) is 36.5 Å². The van der Waals surface area contributed by atoms with Gasteiger partial charge in [0.1, 0.15) is 24.4 Å². The lowest BCUT2D eigenvalue weighted by Crippen LogP contribution is -2.61. The maximum atomic E-state index is 13.3. The molecule has 11 nitrogen and oxygen atoms in total. The van der Waals surface area contributed by atoms with Crippen LogP contribution in [-0.2, 0) is 23.8 Å². The van der Waals surface area contributed by atoms with Gasteiger partial charge in [0.05, 0.1) is 25.4 Å². The highest BCUT2D eigenvalue weighted by Gasteiger charge is 2.47. The second-order valence-electron chi connectivity index (χ2n) is 18.6. The molecule has 1 aliphatic rings. The molecule has 1 saturated heterocycles. The van der Waals surface area contributed by atoms with E-state index in [0.29, 0.717) is 19.3 Å². The molecule has 65 heavy (non-hydrogen) atoms. The number of hydrogen-bond acceptors (Lipinski definition) is 10. The van der Waals surface area contributed by atoms with Crippen LogP contribution in [0.3, 0.4) is 0 Å². The van der Waals surface area contributed by atoms with E-state index in [1.165, 1.54) is 103 Å². The summed E-state index contributed by atoms with van der Waals surface area (Å²) in [5.41, 5.74) is 0. The Bertz CT molecular complexity index is 1200. The minimum Gasteiger partial charge on any atom is -0.454 e. The number of aliphatic hydroxyl groups excluding tert-OH is 5. The third-order valence-electron chi connectivity index (χ3n) is 12.6. The average Bonchev–Trinajstić information content (AvgIpc) is 3.30. The van der Waals surface area contributed by atoms with Crippen molar-refractivity contribution in [2.45, 2.75) is 282 Å². The van der Waals surface area contributed by atoms with E-state index in [4.69, 9.17) is 14.2 Å². The van der Waals surface area contributed by atoms with Crippen LogP contribution in [0.1, 0.15) is 233 Å². The van der Waals surface area contributed by atoms with Crippen LogP contribution < -0.4 is 5.32 Å². The van der Waals surface area contributed by atoms with Gasteiger partial charge in [0.2, 0.25) is 5.91 Å². The molecule has 11 heteroatoms. The molecule has 8 unspecified atom stereocenters. The van der Waals surface area contributed by atoms with E-state index in [9.17, 15) is 35.1 Å². The summed E-state index contributed by atoms with van der Waals surface area (Å²) in [7, 11) is 0. The number of rotatable bonds is 44. The zero-order valence-corrected chi connectivity index (χ0v) is 41.6. The molecule has 0 saturated carbocycles. The van der Waals surface area contributed by atoms with E-state index in [0.717, 1.165) is 83.5 Å². The molecule has 1 heterocycles. The molecule has 0 aliphatic carbocycles. The molecule has 380 valence electrons. The lowest BCUT2D eigenvalue weighted by Gasteiger charge is -2.41. The van der Waals surface area contributed by atoms with Crippen molar-refractivity contribution < 1.29 is 49.3 Å². The van der Waals surface area contributed by atoms with Gasteiger partial charge in [-0.25, -0.2) is 0 Å². The second-order valence-corrected chi connectivity index (χ2v) is 18.6. The van der Waals surface area contributed by atoms with Crippen molar-refractivity contribution >= 4 is 11.9 Å². The number of hydrogen-bond donors (Lipinski definition) is 6. The minimum absolute atomic E-state index is 0.112. The Balaban J connectivity index is 2.76. The smallest absolute Gasteiger partial charge is 0.306 e. The number of nitrogens with one attached hydrogen (secondary N) is 1. The van der Waals surface area contributed by atoms with Crippen LogP contribution in [0, 0.1) is 0 Å². The van der Waals surface area contributed by atoms with Crippen molar-refractivity contribution in [2.24, 2.45) is 0 Å². The fraction of sp³-hybridized carbons (Fsp3) is 0.852. The van der Waals surface area contributed by atoms with E-state index in [2.05, 4.69) is 50.4 Å². The standard InChI is InChI=1S/C54H99NO10/c1-4-7-10-13-16-19-22-23-24-25-27-30-33-36-39-42-49(59)65-52-51(61)50(60)48(43-56)64-54(52)63-44-45(46(57)40-37-34-31-29-26-20-17-14-11-8-5-2)55-53(62)47(58)41-38-35-32-28-21-18-15-12-9-6-3/h16,19,22-23,37,40,45-48,50-52,54,56-58,60-61H,4-15,17-18,20-21,24-36,38-39,41-44H2,1-3H3,(H,55,62)/b19-16+,23-22+,40-37+. The van der Waals surface area contributed by atoms with Gasteiger partial charge in [0.15, 0.2) is 12.4 Å². The first-order valence-electron chi connectivity index (χ1n) is 26.8. The number of unbranched alkanes of at least 4 members (excludes halogenated alkanes) is 27. The van der Waals surface area contributed by atoms with Crippen LogP contribution in [0.25, 0.3) is 0 Å². The first-order chi connectivity index (χ1) is 31.7. The second kappa shape index (κ2) is 43.2. The monoisotopic (exact) mass is 922 g/mol. The predicted octanol–water partition coefficient (Wildman–Crippen LogP) is 11.2. The number of carbonyl (C=O) groups is 2. The van der Waals surface area contributed by atoms with Crippen molar-refractivity contribution in [3.8, 4) is 0 Å². The zero-order chi connectivity index (χ0) is 47.6. The topological polar surface area (TPSA) is 175 Å². The predicted molar refractivity (Wildman–Crippen MR) is 264 cm³/mol. The highest BCUT2D eigenvalue weighted by atomic mass is 16.7. The summed E-state index contributed by atoms with van der Waals surface area (Å²) in [4.78, 5) is 26.3. The Kier molecular flexibility index (Phi) is 40.5. The Morgan fingerprint density at radius 2 is 1.05 bits per heavy atom. The van der Waals surface area contributed by atoms with Gasteiger partial charge in [-0.1, -0.05) is 211 Å². The van der Waals surface area contributed by atoms with Gasteiger partial charge in [0, 0.05) is 6.42 Å². The maximum absolute atomic E-state index is 13.3. The molecular weight excluding hydrogens is 823 g/mol. The van der Waals surface area contributed by atoms with Crippen LogP contribution in [0.15, 0.2) is 36.5 Å². The first-order valence-corrected chi connectivity index (χ1v) is 26.8. The fourth-order valence-corrected chi connectivity index (χ4v) is 8.23. The molecule has 1 fully saturated rings. The number of ether oxygens (including phenoxy) is 3. The molecule has 0 aromatic rings. The van der Waals surface area contributed by atoms with Gasteiger partial charge < -0.3 is 45.1 Å². The molecule has 1 aliphatic heterocycles. The zero-order valence-electron chi connectivity index (χ0n) is 41.6. The van der Waals surface area contributed by atoms with Crippen LogP contribution >= 0.6 is 0 Å². The van der Waals surface area contributed by atoms with Crippen molar-refractivity contribution in [2.75, 3.05) is 13.2 Å². The molecule has 0 aromatic carbocycles. The van der Waals surface area contributed by atoms with Gasteiger partial charge in [-0.05, 0) is 51.4 Å². The van der Waals surface area contributed by atoms with E-state index >= 15 is 0 Å². The van der Waals surface area contributed by atoms with E-state index in [1.807, 2.05) is 6.08 Å². The first kappa shape index (κ1) is 60.9. The summed E-state index contributed by atoms with van der Waals surface area (Å²) in [6.45, 7) is 5.70. The summed E-state index contributed by atoms with van der Waals surface area (Å²) in [6, 6.07) is -1.02. The van der Waals surface area contributed by atoms with Crippen molar-refractivity contribution in [1.29, 1.82) is 0 Å². The highest BCUT2D eigenvalue weighted by molar-refractivity contribution is 5.80. The average molecular weight is 922 g/mol. The summed E-state index contributed by atoms with van der Waals surface area (Å²) in [6.07, 6.45) is 37.7. The highest BCUT2D eigenvalue weighted by Crippen LogP contribution is 2.26. The van der Waals surface area contributed by atoms with Gasteiger partial charge >= 0.3 is 5.97 Å². The maximum Gasteiger partial charge on any atom is 0.306 e. The Morgan fingerprint density at radius 1 is 0.600 bits per heavy atom. The lowest BCUT2D eigenvalue weighted by atomic mass is 9.99. The molecule has 1 rings (SSSR count). The third-order valence-corrected chi connectivity index (χ3v) is 12.6. The number of aliphatic hydroxyl groups is 5. The van der Waals surface area contributed by atoms with Crippen molar-refractivity contribution in [1.82, 2.24) is 5.32 Å². The van der Waals surface area contributed by atoms with Gasteiger partial charge in [-0.3, -0.25) is 9.59 Å². The third kappa shape index (κ3) is 32.3. The molecule has 0 spiro atoms. The Morgan fingerprint density at radius 3 is 1.57 bits per heavy atom. The molecule has 1 amide bonds. The number of amides is 1. The summed E-state index contributed by atoms with van der Waals surface area (Å²) >= 11 is 0. The summed E-state index contributed by atoms with van der Waals surface area (Å²) < 4.78 is 17.5. The molecule has 0 bridgehead atoms. The molecule has 8 atom stereocenters. The van der Waals surface area contributed by atoms with Crippen LogP contribution in [0.2, 0.25) is 0 Å². The minimum atomic E-state index is -1.61.